The van der Waals surface area contributed by atoms with E-state index in [0.29, 0.717) is 18.4 Å². The molecule has 2 aliphatic heterocycles. The first-order valence-corrected chi connectivity index (χ1v) is 9.55. The lowest BCUT2D eigenvalue weighted by Crippen LogP contribution is -2.45. The van der Waals surface area contributed by atoms with E-state index >= 15 is 0 Å². The van der Waals surface area contributed by atoms with Gasteiger partial charge in [0.05, 0.1) is 6.10 Å². The Hall–Kier alpha value is -1.88. The molecule has 1 aliphatic carbocycles. The van der Waals surface area contributed by atoms with Crippen LogP contribution in [0.2, 0.25) is 0 Å². The lowest BCUT2D eigenvalue weighted by Gasteiger charge is -2.37. The summed E-state index contributed by atoms with van der Waals surface area (Å²) in [6, 6.07) is 5.77. The standard InChI is InChI=1S/C20H26N2O3/c23-18-6-2-1-4-15(18)17-5-3-11-22(17)20(25)14-7-9-16-13(12-14)8-10-19(24)21-16/h7,9,12,15,17-18,23H,1-6,8,10-11H2,(H,21,24)/t15-,17+,18-/m0/s1. The summed E-state index contributed by atoms with van der Waals surface area (Å²) in [4.78, 5) is 26.6. The molecule has 2 N–H and O–H groups in total. The van der Waals surface area contributed by atoms with Crippen LogP contribution in [0.4, 0.5) is 5.69 Å². The molecular formula is C20H26N2O3. The van der Waals surface area contributed by atoms with E-state index in [4.69, 9.17) is 0 Å². The van der Waals surface area contributed by atoms with Crippen molar-refractivity contribution in [1.29, 1.82) is 0 Å². The van der Waals surface area contributed by atoms with Crippen molar-refractivity contribution in [2.45, 2.75) is 63.5 Å². The van der Waals surface area contributed by atoms with Crippen molar-refractivity contribution in [1.82, 2.24) is 4.90 Å². The number of fused-ring (bicyclic) bond motifs is 1. The van der Waals surface area contributed by atoms with E-state index in [1.54, 1.807) is 0 Å². The Balaban J connectivity index is 1.54. The third kappa shape index (κ3) is 3.17. The van der Waals surface area contributed by atoms with Gasteiger partial charge in [-0.3, -0.25) is 9.59 Å². The van der Waals surface area contributed by atoms with Crippen LogP contribution in [0, 0.1) is 5.92 Å². The summed E-state index contributed by atoms with van der Waals surface area (Å²) in [5.41, 5.74) is 2.57. The summed E-state index contributed by atoms with van der Waals surface area (Å²) < 4.78 is 0. The highest BCUT2D eigenvalue weighted by molar-refractivity contribution is 5.98. The molecule has 1 aromatic rings. The molecular weight excluding hydrogens is 316 g/mol. The first-order valence-electron chi connectivity index (χ1n) is 9.55. The van der Waals surface area contributed by atoms with Gasteiger partial charge in [0.1, 0.15) is 0 Å². The lowest BCUT2D eigenvalue weighted by atomic mass is 9.80. The first kappa shape index (κ1) is 16.6. The molecule has 1 saturated heterocycles. The number of anilines is 1. The number of aliphatic hydroxyl groups excluding tert-OH is 1. The van der Waals surface area contributed by atoms with Crippen LogP contribution in [-0.4, -0.2) is 40.5 Å². The van der Waals surface area contributed by atoms with Gasteiger partial charge >= 0.3 is 0 Å². The molecule has 0 aromatic heterocycles. The predicted octanol–water partition coefficient (Wildman–Crippen LogP) is 2.73. The number of rotatable bonds is 2. The monoisotopic (exact) mass is 342 g/mol. The number of nitrogens with one attached hydrogen (secondary N) is 1. The topological polar surface area (TPSA) is 69.6 Å². The summed E-state index contributed by atoms with van der Waals surface area (Å²) in [7, 11) is 0. The average molecular weight is 342 g/mol. The molecule has 2 fully saturated rings. The third-order valence-corrected chi connectivity index (χ3v) is 6.08. The van der Waals surface area contributed by atoms with Crippen LogP contribution in [0.3, 0.4) is 0 Å². The fraction of sp³-hybridized carbons (Fsp3) is 0.600. The van der Waals surface area contributed by atoms with Crippen molar-refractivity contribution in [3.8, 4) is 0 Å². The van der Waals surface area contributed by atoms with Crippen molar-refractivity contribution in [3.05, 3.63) is 29.3 Å². The van der Waals surface area contributed by atoms with Gasteiger partial charge in [-0.25, -0.2) is 0 Å². The van der Waals surface area contributed by atoms with Crippen molar-refractivity contribution < 1.29 is 14.7 Å². The predicted molar refractivity (Wildman–Crippen MR) is 95.4 cm³/mol. The van der Waals surface area contributed by atoms with Gasteiger partial charge in [-0.1, -0.05) is 12.8 Å². The minimum absolute atomic E-state index is 0.0393. The quantitative estimate of drug-likeness (QED) is 0.868. The average Bonchev–Trinajstić information content (AvgIpc) is 3.10. The SMILES string of the molecule is O=C1CCc2cc(C(=O)N3CCC[C@@H]3[C@@H]3CCCC[C@@H]3O)ccc2N1. The maximum Gasteiger partial charge on any atom is 0.254 e. The second kappa shape index (κ2) is 6.79. The molecule has 3 aliphatic rings. The van der Waals surface area contributed by atoms with Gasteiger partial charge in [0.15, 0.2) is 0 Å². The Bertz CT molecular complexity index is 688. The molecule has 134 valence electrons. The van der Waals surface area contributed by atoms with Gasteiger partial charge in [0.25, 0.3) is 5.91 Å². The molecule has 2 heterocycles. The van der Waals surface area contributed by atoms with E-state index in [2.05, 4.69) is 5.32 Å². The number of nitrogens with zero attached hydrogens (tertiary/aromatic N) is 1. The number of aryl methyl sites for hydroxylation is 1. The van der Waals surface area contributed by atoms with E-state index in [0.717, 1.165) is 56.3 Å². The van der Waals surface area contributed by atoms with Gasteiger partial charge in [0.2, 0.25) is 5.91 Å². The van der Waals surface area contributed by atoms with Crippen LogP contribution < -0.4 is 5.32 Å². The van der Waals surface area contributed by atoms with Gasteiger partial charge in [-0.05, 0) is 55.9 Å². The van der Waals surface area contributed by atoms with Crippen LogP contribution in [0.25, 0.3) is 0 Å². The van der Waals surface area contributed by atoms with E-state index in [-0.39, 0.29) is 29.9 Å². The molecule has 3 atom stereocenters. The van der Waals surface area contributed by atoms with Gasteiger partial charge in [-0.2, -0.15) is 0 Å². The molecule has 0 spiro atoms. The molecule has 1 aromatic carbocycles. The second-order valence-electron chi connectivity index (χ2n) is 7.64. The van der Waals surface area contributed by atoms with Crippen molar-refractivity contribution in [2.75, 3.05) is 11.9 Å². The van der Waals surface area contributed by atoms with E-state index in [1.807, 2.05) is 23.1 Å². The van der Waals surface area contributed by atoms with E-state index in [1.165, 1.54) is 0 Å². The number of benzene rings is 1. The summed E-state index contributed by atoms with van der Waals surface area (Å²) in [6.45, 7) is 0.778. The fourth-order valence-electron chi connectivity index (χ4n) is 4.76. The van der Waals surface area contributed by atoms with Crippen LogP contribution in [0.1, 0.15) is 60.9 Å². The summed E-state index contributed by atoms with van der Waals surface area (Å²) in [5.74, 6) is 0.328. The van der Waals surface area contributed by atoms with Gasteiger partial charge < -0.3 is 15.3 Å². The molecule has 5 heteroatoms. The number of hydrogen-bond acceptors (Lipinski definition) is 3. The Kier molecular flexibility index (Phi) is 4.50. The number of aliphatic hydroxyl groups is 1. The second-order valence-corrected chi connectivity index (χ2v) is 7.64. The molecule has 0 bridgehead atoms. The van der Waals surface area contributed by atoms with Crippen LogP contribution in [0.5, 0.6) is 0 Å². The maximum absolute atomic E-state index is 13.1. The highest BCUT2D eigenvalue weighted by atomic mass is 16.3. The molecule has 0 unspecified atom stereocenters. The maximum atomic E-state index is 13.1. The number of carbonyl (C=O) groups excluding carboxylic acids is 2. The van der Waals surface area contributed by atoms with Crippen LogP contribution >= 0.6 is 0 Å². The summed E-state index contributed by atoms with van der Waals surface area (Å²) in [5, 5.41) is 13.3. The minimum atomic E-state index is -0.272. The van der Waals surface area contributed by atoms with Crippen molar-refractivity contribution >= 4 is 17.5 Å². The van der Waals surface area contributed by atoms with Crippen LogP contribution in [-0.2, 0) is 11.2 Å². The largest absolute Gasteiger partial charge is 0.393 e. The zero-order valence-electron chi connectivity index (χ0n) is 14.5. The molecule has 25 heavy (non-hydrogen) atoms. The number of likely N-dealkylation sites (tertiary alicyclic amines) is 1. The molecule has 0 radical (unpaired) electrons. The Labute approximate surface area is 148 Å². The number of carbonyl (C=O) groups is 2. The third-order valence-electron chi connectivity index (χ3n) is 6.08. The number of hydrogen-bond donors (Lipinski definition) is 2. The fourth-order valence-corrected chi connectivity index (χ4v) is 4.76. The van der Waals surface area contributed by atoms with Crippen molar-refractivity contribution in [3.63, 3.8) is 0 Å². The zero-order chi connectivity index (χ0) is 17.4. The zero-order valence-corrected chi connectivity index (χ0v) is 14.5. The smallest absolute Gasteiger partial charge is 0.254 e. The molecule has 5 nitrogen and oxygen atoms in total. The highest BCUT2D eigenvalue weighted by Gasteiger charge is 2.39. The van der Waals surface area contributed by atoms with E-state index < -0.39 is 0 Å². The summed E-state index contributed by atoms with van der Waals surface area (Å²) in [6.07, 6.45) is 7.03. The molecule has 1 saturated carbocycles. The van der Waals surface area contributed by atoms with Gasteiger partial charge in [-0.15, -0.1) is 0 Å². The Morgan fingerprint density at radius 1 is 1.12 bits per heavy atom. The first-order chi connectivity index (χ1) is 12.1. The van der Waals surface area contributed by atoms with Gasteiger partial charge in [0, 0.05) is 36.2 Å². The molecule has 2 amide bonds. The number of amides is 2. The summed E-state index contributed by atoms with van der Waals surface area (Å²) >= 11 is 0. The Morgan fingerprint density at radius 2 is 1.96 bits per heavy atom. The highest BCUT2D eigenvalue weighted by Crippen LogP contribution is 2.35. The van der Waals surface area contributed by atoms with E-state index in [9.17, 15) is 14.7 Å². The minimum Gasteiger partial charge on any atom is -0.393 e. The lowest BCUT2D eigenvalue weighted by molar-refractivity contribution is -0.116. The molecule has 4 rings (SSSR count). The van der Waals surface area contributed by atoms with Crippen LogP contribution in [0.15, 0.2) is 18.2 Å². The van der Waals surface area contributed by atoms with Crippen molar-refractivity contribution in [2.24, 2.45) is 5.92 Å². The Morgan fingerprint density at radius 3 is 2.80 bits per heavy atom. The normalized spacial score (nSPS) is 29.2.